The van der Waals surface area contributed by atoms with Gasteiger partial charge in [0.2, 0.25) is 0 Å². The number of hydrogen-bond acceptors (Lipinski definition) is 5. The second-order valence-electron chi connectivity index (χ2n) is 6.14. The molecule has 0 saturated heterocycles. The largest absolute Gasteiger partial charge is 0.505 e. The summed E-state index contributed by atoms with van der Waals surface area (Å²) in [6, 6.07) is 18.9. The number of para-hydroxylation sites is 2. The van der Waals surface area contributed by atoms with Crippen molar-refractivity contribution < 1.29 is 9.84 Å². The van der Waals surface area contributed by atoms with E-state index in [-0.39, 0.29) is 11.8 Å². The SMILES string of the molecule is COc1ccccc1N[C@@H](c1cccnc1)c1ccc2cccnc2c1O. The van der Waals surface area contributed by atoms with Crippen LogP contribution in [0.25, 0.3) is 10.9 Å². The molecule has 4 rings (SSSR count). The van der Waals surface area contributed by atoms with Crippen molar-refractivity contribution in [2.45, 2.75) is 6.04 Å². The molecule has 0 spiro atoms. The lowest BCUT2D eigenvalue weighted by atomic mass is 9.97. The number of ether oxygens (including phenoxy) is 1. The summed E-state index contributed by atoms with van der Waals surface area (Å²) >= 11 is 0. The van der Waals surface area contributed by atoms with Gasteiger partial charge in [-0.1, -0.05) is 36.4 Å². The Bertz CT molecular complexity index is 1070. The van der Waals surface area contributed by atoms with Crippen LogP contribution < -0.4 is 10.1 Å². The summed E-state index contributed by atoms with van der Waals surface area (Å²) in [5.41, 5.74) is 3.05. The van der Waals surface area contributed by atoms with E-state index in [4.69, 9.17) is 4.74 Å². The van der Waals surface area contributed by atoms with E-state index < -0.39 is 0 Å². The summed E-state index contributed by atoms with van der Waals surface area (Å²) in [5.74, 6) is 0.883. The summed E-state index contributed by atoms with van der Waals surface area (Å²) in [4.78, 5) is 8.58. The Morgan fingerprint density at radius 2 is 1.81 bits per heavy atom. The molecule has 0 aliphatic heterocycles. The van der Waals surface area contributed by atoms with Crippen LogP contribution in [0.5, 0.6) is 11.5 Å². The molecule has 0 saturated carbocycles. The van der Waals surface area contributed by atoms with Gasteiger partial charge in [0.05, 0.1) is 18.8 Å². The van der Waals surface area contributed by atoms with Gasteiger partial charge >= 0.3 is 0 Å². The van der Waals surface area contributed by atoms with Crippen LogP contribution in [0.4, 0.5) is 5.69 Å². The lowest BCUT2D eigenvalue weighted by molar-refractivity contribution is 0.416. The van der Waals surface area contributed by atoms with Gasteiger partial charge in [0.15, 0.2) is 0 Å². The van der Waals surface area contributed by atoms with Gasteiger partial charge in [-0.25, -0.2) is 0 Å². The smallest absolute Gasteiger partial charge is 0.147 e. The van der Waals surface area contributed by atoms with Crippen LogP contribution >= 0.6 is 0 Å². The molecule has 0 unspecified atom stereocenters. The Hall–Kier alpha value is -3.60. The number of hydrogen-bond donors (Lipinski definition) is 2. The molecule has 2 aromatic heterocycles. The second-order valence-corrected chi connectivity index (χ2v) is 6.14. The number of nitrogens with one attached hydrogen (secondary N) is 1. The molecule has 0 aliphatic carbocycles. The van der Waals surface area contributed by atoms with Crippen molar-refractivity contribution in [3.05, 3.63) is 90.4 Å². The van der Waals surface area contributed by atoms with E-state index in [1.807, 2.05) is 60.7 Å². The van der Waals surface area contributed by atoms with Gasteiger partial charge in [0.1, 0.15) is 17.0 Å². The summed E-state index contributed by atoms with van der Waals surface area (Å²) in [6.45, 7) is 0. The first-order chi connectivity index (χ1) is 13.3. The number of phenolic OH excluding ortho intramolecular Hbond substituents is 1. The Labute approximate surface area is 157 Å². The molecular formula is C22H19N3O2. The maximum atomic E-state index is 10.9. The van der Waals surface area contributed by atoms with Gasteiger partial charge in [-0.15, -0.1) is 0 Å². The molecule has 0 fully saturated rings. The number of anilines is 1. The van der Waals surface area contributed by atoms with Gasteiger partial charge in [0, 0.05) is 29.5 Å². The number of fused-ring (bicyclic) bond motifs is 1. The third kappa shape index (κ3) is 3.27. The molecule has 4 aromatic rings. The normalized spacial score (nSPS) is 11.9. The highest BCUT2D eigenvalue weighted by Gasteiger charge is 2.21. The standard InChI is InChI=1S/C22H19N3O2/c1-27-19-9-3-2-8-18(19)25-20(16-7-4-12-23-14-16)17-11-10-15-6-5-13-24-21(15)22(17)26/h2-14,20,25-26H,1H3/t20-/m0/s1. The van der Waals surface area contributed by atoms with E-state index in [0.29, 0.717) is 5.52 Å². The minimum absolute atomic E-state index is 0.157. The molecule has 0 aliphatic rings. The Morgan fingerprint density at radius 1 is 0.963 bits per heavy atom. The van der Waals surface area contributed by atoms with Crippen LogP contribution in [-0.4, -0.2) is 22.2 Å². The molecule has 0 amide bonds. The van der Waals surface area contributed by atoms with E-state index in [1.165, 1.54) is 0 Å². The molecule has 0 bridgehead atoms. The third-order valence-corrected chi connectivity index (χ3v) is 4.51. The molecule has 0 radical (unpaired) electrons. The molecule has 2 heterocycles. The lowest BCUT2D eigenvalue weighted by Gasteiger charge is -2.23. The van der Waals surface area contributed by atoms with E-state index >= 15 is 0 Å². The predicted molar refractivity (Wildman–Crippen MR) is 106 cm³/mol. The van der Waals surface area contributed by atoms with Gasteiger partial charge < -0.3 is 15.2 Å². The third-order valence-electron chi connectivity index (χ3n) is 4.51. The number of nitrogens with zero attached hydrogens (tertiary/aromatic N) is 2. The van der Waals surface area contributed by atoms with Crippen molar-refractivity contribution in [3.63, 3.8) is 0 Å². The summed E-state index contributed by atoms with van der Waals surface area (Å²) in [6.07, 6.45) is 5.19. The summed E-state index contributed by atoms with van der Waals surface area (Å²) < 4.78 is 5.47. The average molecular weight is 357 g/mol. The second kappa shape index (κ2) is 7.33. The van der Waals surface area contributed by atoms with Gasteiger partial charge in [0.25, 0.3) is 0 Å². The molecule has 134 valence electrons. The number of aromatic nitrogens is 2. The fourth-order valence-electron chi connectivity index (χ4n) is 3.19. The van der Waals surface area contributed by atoms with Crippen LogP contribution in [-0.2, 0) is 0 Å². The van der Waals surface area contributed by atoms with Crippen molar-refractivity contribution >= 4 is 16.6 Å². The molecule has 2 aromatic carbocycles. The minimum atomic E-state index is -0.318. The lowest BCUT2D eigenvalue weighted by Crippen LogP contribution is -2.13. The number of pyridine rings is 2. The summed E-state index contributed by atoms with van der Waals surface area (Å²) in [7, 11) is 1.64. The van der Waals surface area contributed by atoms with Crippen LogP contribution in [0.3, 0.4) is 0 Å². The Morgan fingerprint density at radius 3 is 2.63 bits per heavy atom. The van der Waals surface area contributed by atoms with Gasteiger partial charge in [-0.3, -0.25) is 9.97 Å². The zero-order chi connectivity index (χ0) is 18.6. The van der Waals surface area contributed by atoms with Crippen LogP contribution in [0.1, 0.15) is 17.2 Å². The topological polar surface area (TPSA) is 67.3 Å². The molecular weight excluding hydrogens is 338 g/mol. The van der Waals surface area contributed by atoms with E-state index in [0.717, 1.165) is 28.0 Å². The zero-order valence-corrected chi connectivity index (χ0v) is 14.8. The monoisotopic (exact) mass is 357 g/mol. The van der Waals surface area contributed by atoms with E-state index in [1.54, 1.807) is 25.7 Å². The Kier molecular flexibility index (Phi) is 4.58. The van der Waals surface area contributed by atoms with Crippen molar-refractivity contribution in [2.24, 2.45) is 0 Å². The van der Waals surface area contributed by atoms with Gasteiger partial charge in [-0.05, 0) is 29.8 Å². The minimum Gasteiger partial charge on any atom is -0.505 e. The van der Waals surface area contributed by atoms with Crippen molar-refractivity contribution in [1.29, 1.82) is 0 Å². The number of aromatic hydroxyl groups is 1. The fraction of sp³-hybridized carbons (Fsp3) is 0.0909. The fourth-order valence-corrected chi connectivity index (χ4v) is 3.19. The average Bonchev–Trinajstić information content (AvgIpc) is 2.74. The quantitative estimate of drug-likeness (QED) is 0.549. The van der Waals surface area contributed by atoms with Crippen molar-refractivity contribution in [1.82, 2.24) is 9.97 Å². The first kappa shape index (κ1) is 16.8. The predicted octanol–water partition coefficient (Wildman–Crippen LogP) is 4.55. The number of methoxy groups -OCH3 is 1. The Balaban J connectivity index is 1.85. The van der Waals surface area contributed by atoms with Crippen LogP contribution in [0.15, 0.2) is 79.3 Å². The molecule has 2 N–H and O–H groups in total. The van der Waals surface area contributed by atoms with Crippen molar-refractivity contribution in [2.75, 3.05) is 12.4 Å². The van der Waals surface area contributed by atoms with E-state index in [2.05, 4.69) is 15.3 Å². The van der Waals surface area contributed by atoms with Crippen molar-refractivity contribution in [3.8, 4) is 11.5 Å². The highest BCUT2D eigenvalue weighted by Crippen LogP contribution is 2.37. The van der Waals surface area contributed by atoms with Crippen LogP contribution in [0.2, 0.25) is 0 Å². The number of benzene rings is 2. The zero-order valence-electron chi connectivity index (χ0n) is 14.8. The molecule has 5 heteroatoms. The molecule has 5 nitrogen and oxygen atoms in total. The maximum Gasteiger partial charge on any atom is 0.147 e. The first-order valence-corrected chi connectivity index (χ1v) is 8.64. The molecule has 27 heavy (non-hydrogen) atoms. The number of rotatable bonds is 5. The number of phenols is 1. The first-order valence-electron chi connectivity index (χ1n) is 8.64. The van der Waals surface area contributed by atoms with Gasteiger partial charge in [-0.2, -0.15) is 0 Å². The van der Waals surface area contributed by atoms with Crippen LogP contribution in [0, 0.1) is 0 Å². The molecule has 1 atom stereocenters. The summed E-state index contributed by atoms with van der Waals surface area (Å²) in [5, 5.41) is 15.3. The highest BCUT2D eigenvalue weighted by molar-refractivity contribution is 5.86. The highest BCUT2D eigenvalue weighted by atomic mass is 16.5. The maximum absolute atomic E-state index is 10.9. The van der Waals surface area contributed by atoms with E-state index in [9.17, 15) is 5.11 Å².